The topological polar surface area (TPSA) is 85.3 Å². The highest BCUT2D eigenvalue weighted by Crippen LogP contribution is 2.60. The molecule has 4 rings (SSSR count). The largest absolute Gasteiger partial charge is 0.511 e. The molecule has 0 spiro atoms. The molecule has 11 heteroatoms. The Morgan fingerprint density at radius 1 is 1.07 bits per heavy atom. The number of amides is 1. The Bertz CT molecular complexity index is 953. The number of fused-ring (bicyclic) bond motifs is 1. The Kier molecular flexibility index (Phi) is 5.41. The minimum atomic E-state index is -5.09. The number of ether oxygens (including phenoxy) is 1. The van der Waals surface area contributed by atoms with Gasteiger partial charge in [0.15, 0.2) is 0 Å². The van der Waals surface area contributed by atoms with Crippen molar-refractivity contribution in [3.63, 3.8) is 0 Å². The maximum Gasteiger partial charge on any atom is 0.511 e. The van der Waals surface area contributed by atoms with Gasteiger partial charge in [0.05, 0.1) is 0 Å². The zero-order valence-electron chi connectivity index (χ0n) is 15.7. The molecule has 0 aromatic heterocycles. The number of hydrazine groups is 1. The third-order valence-corrected chi connectivity index (χ3v) is 6.68. The van der Waals surface area contributed by atoms with E-state index >= 15 is 0 Å². The average molecular weight is 443 g/mol. The van der Waals surface area contributed by atoms with Gasteiger partial charge in [0.25, 0.3) is 5.91 Å². The highest BCUT2D eigenvalue weighted by Gasteiger charge is 2.54. The summed E-state index contributed by atoms with van der Waals surface area (Å²) in [4.78, 5) is 11.7. The van der Waals surface area contributed by atoms with Crippen LogP contribution in [0.4, 0.5) is 13.2 Å². The maximum atomic E-state index is 12.8. The zero-order valence-corrected chi connectivity index (χ0v) is 16.5. The van der Waals surface area contributed by atoms with E-state index in [1.807, 2.05) is 0 Å². The second-order valence-electron chi connectivity index (χ2n) is 7.00. The van der Waals surface area contributed by atoms with Gasteiger partial charge in [-0.3, -0.25) is 13.9 Å². The Labute approximate surface area is 172 Å². The summed E-state index contributed by atoms with van der Waals surface area (Å²) in [5.41, 5.74) is -2.08. The maximum absolute atomic E-state index is 12.8. The first-order chi connectivity index (χ1) is 14.2. The molecule has 0 unspecified atom stereocenters. The van der Waals surface area contributed by atoms with Crippen LogP contribution in [-0.2, 0) is 19.7 Å². The number of carbonyl (C=O) groups is 1. The lowest BCUT2D eigenvalue weighted by Gasteiger charge is -2.54. The van der Waals surface area contributed by atoms with Crippen LogP contribution in [0.25, 0.3) is 0 Å². The van der Waals surface area contributed by atoms with Crippen molar-refractivity contribution in [2.24, 2.45) is 0 Å². The van der Waals surface area contributed by atoms with Gasteiger partial charge >= 0.3 is 5.51 Å². The summed E-state index contributed by atoms with van der Waals surface area (Å²) in [7, 11) is -4.86. The normalized spacial score (nSPS) is 18.0. The van der Waals surface area contributed by atoms with Crippen molar-refractivity contribution in [2.75, 3.05) is 13.1 Å². The van der Waals surface area contributed by atoms with Gasteiger partial charge in [0.1, 0.15) is 12.4 Å². The van der Waals surface area contributed by atoms with Crippen molar-refractivity contribution in [2.45, 2.75) is 25.2 Å². The summed E-state index contributed by atoms with van der Waals surface area (Å²) in [6, 6.07) is 12.4. The molecule has 3 N–H and O–H groups in total. The lowest BCUT2D eigenvalue weighted by Crippen LogP contribution is -2.59. The van der Waals surface area contributed by atoms with Gasteiger partial charge in [-0.05, 0) is 34.0 Å². The zero-order chi connectivity index (χ0) is 21.5. The summed E-state index contributed by atoms with van der Waals surface area (Å²) in [5.74, 6) is 0.505. The molecule has 1 fully saturated rings. The van der Waals surface area contributed by atoms with Crippen LogP contribution in [0.3, 0.4) is 0 Å². The summed E-state index contributed by atoms with van der Waals surface area (Å²) in [5, 5.41) is 4.02. The van der Waals surface area contributed by atoms with Crippen molar-refractivity contribution < 1.29 is 31.8 Å². The van der Waals surface area contributed by atoms with Crippen LogP contribution in [0, 0.1) is 0 Å². The van der Waals surface area contributed by atoms with Crippen LogP contribution in [0.2, 0.25) is 0 Å². The highest BCUT2D eigenvalue weighted by atomic mass is 32.3. The van der Waals surface area contributed by atoms with Gasteiger partial charge in [-0.15, -0.1) is 4.41 Å². The van der Waals surface area contributed by atoms with Crippen LogP contribution in [0.15, 0.2) is 42.5 Å². The van der Waals surface area contributed by atoms with Gasteiger partial charge in [0.2, 0.25) is 0 Å². The Hall–Kier alpha value is -2.31. The highest BCUT2D eigenvalue weighted by molar-refractivity contribution is 8.23. The van der Waals surface area contributed by atoms with Crippen molar-refractivity contribution in [3.8, 4) is 5.75 Å². The fourth-order valence-corrected chi connectivity index (χ4v) is 4.40. The molecule has 30 heavy (non-hydrogen) atoms. The fraction of sp³-hybridized carbons (Fsp3) is 0.316. The molecule has 2 aliphatic rings. The van der Waals surface area contributed by atoms with E-state index in [2.05, 4.69) is 5.32 Å². The first kappa shape index (κ1) is 20.9. The lowest BCUT2D eigenvalue weighted by molar-refractivity contribution is -0.102. The number of halogens is 3. The summed E-state index contributed by atoms with van der Waals surface area (Å²) in [6.07, 6.45) is 0. The SMILES string of the molecule is O=C1NCc2c(OCc3ccc(CN4CCN4S(O)(O)C(F)(F)F)cc3)cccc21. The second kappa shape index (κ2) is 7.75. The molecule has 0 bridgehead atoms. The van der Waals surface area contributed by atoms with E-state index in [0.717, 1.165) is 16.7 Å². The standard InChI is InChI=1S/C19H20F3N3O4S/c20-19(21,22)30(27,28)25-9-8-24(25)11-13-4-6-14(7-5-13)12-29-17-3-1-2-15-16(17)10-23-18(15)26/h1-7,27-28H,8-12H2,(H,23,26). The quantitative estimate of drug-likeness (QED) is 0.631. The third kappa shape index (κ3) is 3.86. The summed E-state index contributed by atoms with van der Waals surface area (Å²) < 4.78 is 63.9. The molecule has 2 aromatic rings. The molecular formula is C19H20F3N3O4S. The van der Waals surface area contributed by atoms with E-state index in [1.54, 1.807) is 42.5 Å². The first-order valence-electron chi connectivity index (χ1n) is 9.14. The van der Waals surface area contributed by atoms with Gasteiger partial charge < -0.3 is 10.1 Å². The smallest absolute Gasteiger partial charge is 0.489 e. The van der Waals surface area contributed by atoms with Crippen molar-refractivity contribution in [1.29, 1.82) is 0 Å². The lowest BCUT2D eigenvalue weighted by atomic mass is 10.1. The van der Waals surface area contributed by atoms with E-state index in [-0.39, 0.29) is 25.6 Å². The minimum absolute atomic E-state index is 0.0630. The first-order valence-corrected chi connectivity index (χ1v) is 10.6. The Morgan fingerprint density at radius 3 is 2.40 bits per heavy atom. The number of benzene rings is 2. The predicted octanol–water partition coefficient (Wildman–Crippen LogP) is 3.73. The Balaban J connectivity index is 1.36. The van der Waals surface area contributed by atoms with Gasteiger partial charge in [-0.1, -0.05) is 30.3 Å². The third-order valence-electron chi connectivity index (χ3n) is 5.06. The van der Waals surface area contributed by atoms with E-state index in [4.69, 9.17) is 4.74 Å². The van der Waals surface area contributed by atoms with Crippen molar-refractivity contribution in [1.82, 2.24) is 14.7 Å². The summed E-state index contributed by atoms with van der Waals surface area (Å²) in [6.45, 7) is 1.07. The molecule has 1 saturated heterocycles. The van der Waals surface area contributed by atoms with Crippen LogP contribution >= 0.6 is 10.8 Å². The van der Waals surface area contributed by atoms with Gasteiger partial charge in [-0.2, -0.15) is 13.2 Å². The number of nitrogens with one attached hydrogen (secondary N) is 1. The van der Waals surface area contributed by atoms with E-state index < -0.39 is 16.3 Å². The molecule has 162 valence electrons. The van der Waals surface area contributed by atoms with Crippen LogP contribution in [-0.4, -0.2) is 43.0 Å². The molecule has 2 aromatic carbocycles. The molecular weight excluding hydrogens is 423 g/mol. The minimum Gasteiger partial charge on any atom is -0.489 e. The number of alkyl halides is 3. The monoisotopic (exact) mass is 443 g/mol. The van der Waals surface area contributed by atoms with Crippen LogP contribution in [0.5, 0.6) is 5.75 Å². The van der Waals surface area contributed by atoms with E-state index in [1.165, 1.54) is 5.01 Å². The second-order valence-corrected chi connectivity index (χ2v) is 8.92. The van der Waals surface area contributed by atoms with Crippen molar-refractivity contribution >= 4 is 16.7 Å². The number of hydrogen-bond acceptors (Lipinski definition) is 6. The fourth-order valence-electron chi connectivity index (χ4n) is 3.36. The van der Waals surface area contributed by atoms with E-state index in [9.17, 15) is 27.1 Å². The van der Waals surface area contributed by atoms with Gasteiger partial charge in [-0.25, -0.2) is 5.01 Å². The average Bonchev–Trinajstić information content (AvgIpc) is 3.05. The number of hydrogen-bond donors (Lipinski definition) is 3. The molecule has 0 atom stereocenters. The Morgan fingerprint density at radius 2 is 1.77 bits per heavy atom. The number of rotatable bonds is 6. The molecule has 7 nitrogen and oxygen atoms in total. The van der Waals surface area contributed by atoms with Crippen LogP contribution in [0.1, 0.15) is 27.0 Å². The molecule has 0 aliphatic carbocycles. The molecule has 0 radical (unpaired) electrons. The predicted molar refractivity (Wildman–Crippen MR) is 104 cm³/mol. The van der Waals surface area contributed by atoms with E-state index in [0.29, 0.717) is 28.8 Å². The van der Waals surface area contributed by atoms with Gasteiger partial charge in [0, 0.05) is 37.3 Å². The molecule has 2 heterocycles. The number of nitrogens with zero attached hydrogens (tertiary/aromatic N) is 2. The van der Waals surface area contributed by atoms with Crippen molar-refractivity contribution in [3.05, 3.63) is 64.7 Å². The van der Waals surface area contributed by atoms with Crippen LogP contribution < -0.4 is 10.1 Å². The molecule has 1 amide bonds. The summed E-state index contributed by atoms with van der Waals surface area (Å²) >= 11 is 0. The molecule has 0 saturated carbocycles. The molecule has 2 aliphatic heterocycles. The number of carbonyl (C=O) groups excluding carboxylic acids is 1.